The first-order chi connectivity index (χ1) is 9.15. The van der Waals surface area contributed by atoms with E-state index in [1.165, 1.54) is 0 Å². The molecule has 0 saturated carbocycles. The number of hydrogen-bond donors (Lipinski definition) is 2. The monoisotopic (exact) mass is 259 g/mol. The first kappa shape index (κ1) is 13.0. The number of aryl methyl sites for hydroxylation is 1. The molecule has 0 aliphatic heterocycles. The standard InChI is InChI=1S/C14H17N3O2/c1-3-17-8-4-5-13(17)14(18)16-12-9-10(19-2)6-7-11(12)15/h4-9H,3,15H2,1-2H3,(H,16,18). The number of rotatable bonds is 4. The van der Waals surface area contributed by atoms with E-state index in [4.69, 9.17) is 10.5 Å². The number of nitrogens with two attached hydrogens (primary N) is 1. The minimum Gasteiger partial charge on any atom is -0.497 e. The molecule has 1 aromatic heterocycles. The Kier molecular flexibility index (Phi) is 3.75. The summed E-state index contributed by atoms with van der Waals surface area (Å²) in [6, 6.07) is 8.77. The molecule has 0 atom stereocenters. The van der Waals surface area contributed by atoms with Crippen LogP contribution in [0.4, 0.5) is 11.4 Å². The number of methoxy groups -OCH3 is 1. The van der Waals surface area contributed by atoms with Gasteiger partial charge in [-0.1, -0.05) is 0 Å². The Morgan fingerprint density at radius 1 is 1.42 bits per heavy atom. The number of ether oxygens (including phenoxy) is 1. The van der Waals surface area contributed by atoms with Crippen LogP contribution in [-0.2, 0) is 6.54 Å². The number of nitrogens with zero attached hydrogens (tertiary/aromatic N) is 1. The molecule has 0 saturated heterocycles. The van der Waals surface area contributed by atoms with E-state index in [9.17, 15) is 4.79 Å². The number of carbonyl (C=O) groups is 1. The van der Waals surface area contributed by atoms with Crippen molar-refractivity contribution in [2.75, 3.05) is 18.2 Å². The van der Waals surface area contributed by atoms with Gasteiger partial charge in [-0.3, -0.25) is 4.79 Å². The summed E-state index contributed by atoms with van der Waals surface area (Å²) in [5, 5.41) is 2.80. The third-order valence-electron chi connectivity index (χ3n) is 2.91. The second kappa shape index (κ2) is 5.48. The van der Waals surface area contributed by atoms with Crippen molar-refractivity contribution < 1.29 is 9.53 Å². The highest BCUT2D eigenvalue weighted by Gasteiger charge is 2.12. The summed E-state index contributed by atoms with van der Waals surface area (Å²) in [5.41, 5.74) is 7.49. The third-order valence-corrected chi connectivity index (χ3v) is 2.91. The van der Waals surface area contributed by atoms with Crippen molar-refractivity contribution in [1.82, 2.24) is 4.57 Å². The Bertz CT molecular complexity index is 590. The van der Waals surface area contributed by atoms with Crippen molar-refractivity contribution in [3.63, 3.8) is 0 Å². The van der Waals surface area contributed by atoms with E-state index < -0.39 is 0 Å². The number of amides is 1. The molecule has 0 bridgehead atoms. The Labute approximate surface area is 112 Å². The zero-order valence-corrected chi connectivity index (χ0v) is 11.0. The molecular weight excluding hydrogens is 242 g/mol. The molecule has 0 unspecified atom stereocenters. The highest BCUT2D eigenvalue weighted by Crippen LogP contribution is 2.24. The van der Waals surface area contributed by atoms with Crippen LogP contribution in [0.15, 0.2) is 36.5 Å². The lowest BCUT2D eigenvalue weighted by Crippen LogP contribution is -2.17. The largest absolute Gasteiger partial charge is 0.497 e. The minimum absolute atomic E-state index is 0.188. The number of carbonyl (C=O) groups excluding carboxylic acids is 1. The van der Waals surface area contributed by atoms with Gasteiger partial charge in [0.15, 0.2) is 0 Å². The smallest absolute Gasteiger partial charge is 0.272 e. The summed E-state index contributed by atoms with van der Waals surface area (Å²) in [6.45, 7) is 2.72. The van der Waals surface area contributed by atoms with E-state index in [1.807, 2.05) is 23.8 Å². The summed E-state index contributed by atoms with van der Waals surface area (Å²) in [7, 11) is 1.57. The van der Waals surface area contributed by atoms with Gasteiger partial charge in [0.2, 0.25) is 0 Å². The van der Waals surface area contributed by atoms with Crippen LogP contribution in [0.25, 0.3) is 0 Å². The number of nitrogen functional groups attached to an aromatic ring is 1. The van der Waals surface area contributed by atoms with Crippen LogP contribution in [0, 0.1) is 0 Å². The minimum atomic E-state index is -0.188. The normalized spacial score (nSPS) is 10.2. The average molecular weight is 259 g/mol. The quantitative estimate of drug-likeness (QED) is 0.828. The Morgan fingerprint density at radius 2 is 2.21 bits per heavy atom. The van der Waals surface area contributed by atoms with Crippen molar-refractivity contribution in [1.29, 1.82) is 0 Å². The Balaban J connectivity index is 2.24. The fourth-order valence-corrected chi connectivity index (χ4v) is 1.85. The topological polar surface area (TPSA) is 69.3 Å². The van der Waals surface area contributed by atoms with Crippen LogP contribution < -0.4 is 15.8 Å². The van der Waals surface area contributed by atoms with E-state index in [0.717, 1.165) is 6.54 Å². The maximum atomic E-state index is 12.2. The maximum Gasteiger partial charge on any atom is 0.272 e. The molecule has 1 heterocycles. The van der Waals surface area contributed by atoms with Crippen LogP contribution in [0.3, 0.4) is 0 Å². The average Bonchev–Trinajstić information content (AvgIpc) is 2.89. The molecule has 19 heavy (non-hydrogen) atoms. The van der Waals surface area contributed by atoms with E-state index >= 15 is 0 Å². The Hall–Kier alpha value is -2.43. The zero-order chi connectivity index (χ0) is 13.8. The molecule has 5 heteroatoms. The molecule has 0 spiro atoms. The molecule has 1 amide bonds. The number of aromatic nitrogens is 1. The van der Waals surface area contributed by atoms with Crippen molar-refractivity contribution in [2.45, 2.75) is 13.5 Å². The van der Waals surface area contributed by atoms with Crippen molar-refractivity contribution in [3.05, 3.63) is 42.2 Å². The van der Waals surface area contributed by atoms with E-state index in [1.54, 1.807) is 31.4 Å². The second-order valence-electron chi connectivity index (χ2n) is 4.09. The molecule has 0 fully saturated rings. The van der Waals surface area contributed by atoms with Crippen LogP contribution in [-0.4, -0.2) is 17.6 Å². The van der Waals surface area contributed by atoms with Gasteiger partial charge in [0.25, 0.3) is 5.91 Å². The lowest BCUT2D eigenvalue weighted by atomic mass is 10.2. The molecular formula is C14H17N3O2. The van der Waals surface area contributed by atoms with Crippen molar-refractivity contribution in [3.8, 4) is 5.75 Å². The predicted octanol–water partition coefficient (Wildman–Crippen LogP) is 2.35. The molecule has 2 aromatic rings. The van der Waals surface area contributed by atoms with Gasteiger partial charge < -0.3 is 20.4 Å². The lowest BCUT2D eigenvalue weighted by Gasteiger charge is -2.11. The molecule has 3 N–H and O–H groups in total. The summed E-state index contributed by atoms with van der Waals surface area (Å²) in [6.07, 6.45) is 1.86. The summed E-state index contributed by atoms with van der Waals surface area (Å²) in [4.78, 5) is 12.2. The Morgan fingerprint density at radius 3 is 2.89 bits per heavy atom. The number of anilines is 2. The third kappa shape index (κ3) is 2.70. The molecule has 0 aliphatic carbocycles. The van der Waals surface area contributed by atoms with Crippen LogP contribution in [0.5, 0.6) is 5.75 Å². The van der Waals surface area contributed by atoms with Crippen molar-refractivity contribution >= 4 is 17.3 Å². The van der Waals surface area contributed by atoms with E-state index in [-0.39, 0.29) is 5.91 Å². The molecule has 0 aliphatic rings. The first-order valence-corrected chi connectivity index (χ1v) is 6.05. The number of benzene rings is 1. The molecule has 1 aromatic carbocycles. The van der Waals surface area contributed by atoms with Crippen molar-refractivity contribution in [2.24, 2.45) is 0 Å². The number of nitrogens with one attached hydrogen (secondary N) is 1. The van der Waals surface area contributed by atoms with Gasteiger partial charge in [-0.15, -0.1) is 0 Å². The number of hydrogen-bond acceptors (Lipinski definition) is 3. The van der Waals surface area contributed by atoms with Gasteiger partial charge in [-0.2, -0.15) is 0 Å². The molecule has 0 radical (unpaired) electrons. The summed E-state index contributed by atoms with van der Waals surface area (Å²) in [5.74, 6) is 0.460. The van der Waals surface area contributed by atoms with E-state index in [0.29, 0.717) is 22.8 Å². The predicted molar refractivity (Wildman–Crippen MR) is 75.5 cm³/mol. The van der Waals surface area contributed by atoms with Gasteiger partial charge in [0.1, 0.15) is 11.4 Å². The van der Waals surface area contributed by atoms with Gasteiger partial charge in [0.05, 0.1) is 18.5 Å². The highest BCUT2D eigenvalue weighted by molar-refractivity contribution is 6.04. The van der Waals surface area contributed by atoms with Gasteiger partial charge >= 0.3 is 0 Å². The van der Waals surface area contributed by atoms with Crippen LogP contribution in [0.1, 0.15) is 17.4 Å². The van der Waals surface area contributed by atoms with Gasteiger partial charge in [-0.25, -0.2) is 0 Å². The highest BCUT2D eigenvalue weighted by atomic mass is 16.5. The van der Waals surface area contributed by atoms with Gasteiger partial charge in [-0.05, 0) is 31.2 Å². The lowest BCUT2D eigenvalue weighted by molar-refractivity contribution is 0.101. The van der Waals surface area contributed by atoms with Gasteiger partial charge in [0, 0.05) is 18.8 Å². The molecule has 5 nitrogen and oxygen atoms in total. The van der Waals surface area contributed by atoms with Crippen LogP contribution in [0.2, 0.25) is 0 Å². The molecule has 2 rings (SSSR count). The maximum absolute atomic E-state index is 12.2. The fraction of sp³-hybridized carbons (Fsp3) is 0.214. The second-order valence-corrected chi connectivity index (χ2v) is 4.09. The molecule has 100 valence electrons. The fourth-order valence-electron chi connectivity index (χ4n) is 1.85. The first-order valence-electron chi connectivity index (χ1n) is 6.05. The van der Waals surface area contributed by atoms with Crippen LogP contribution >= 0.6 is 0 Å². The SMILES string of the molecule is CCn1cccc1C(=O)Nc1cc(OC)ccc1N. The zero-order valence-electron chi connectivity index (χ0n) is 11.0. The summed E-state index contributed by atoms with van der Waals surface area (Å²) >= 11 is 0. The summed E-state index contributed by atoms with van der Waals surface area (Å²) < 4.78 is 6.98. The van der Waals surface area contributed by atoms with E-state index in [2.05, 4.69) is 5.32 Å².